The molecule has 0 aliphatic carbocycles. The minimum Gasteiger partial charge on any atom is -0.491 e. The van der Waals surface area contributed by atoms with Crippen LogP contribution in [-0.2, 0) is 4.74 Å². The third-order valence-electron chi connectivity index (χ3n) is 3.81. The summed E-state index contributed by atoms with van der Waals surface area (Å²) in [6.45, 7) is 5.07. The van der Waals surface area contributed by atoms with Gasteiger partial charge in [0, 0.05) is 18.2 Å². The van der Waals surface area contributed by atoms with Crippen LogP contribution in [0.25, 0.3) is 0 Å². The third kappa shape index (κ3) is 4.22. The standard InChI is InChI=1S/C17H27NO2/c1-13(2)20-17-9-5-4-8-15(17)16(18-3)11-10-14-7-6-12-19-14/h4-5,8-9,13-14,16,18H,6-7,10-12H2,1-3H3. The number of ether oxygens (including phenoxy) is 2. The highest BCUT2D eigenvalue weighted by Crippen LogP contribution is 2.30. The molecule has 1 aromatic rings. The Kier molecular flexibility index (Phi) is 5.86. The number of hydrogen-bond donors (Lipinski definition) is 1. The SMILES string of the molecule is CNC(CCC1CCCO1)c1ccccc1OC(C)C. The van der Waals surface area contributed by atoms with Gasteiger partial charge in [-0.2, -0.15) is 0 Å². The van der Waals surface area contributed by atoms with Gasteiger partial charge in [-0.05, 0) is 52.6 Å². The van der Waals surface area contributed by atoms with E-state index in [9.17, 15) is 0 Å². The summed E-state index contributed by atoms with van der Waals surface area (Å²) in [7, 11) is 2.02. The molecule has 2 unspecified atom stereocenters. The van der Waals surface area contributed by atoms with Crippen LogP contribution >= 0.6 is 0 Å². The Bertz CT molecular complexity index is 400. The van der Waals surface area contributed by atoms with Gasteiger partial charge < -0.3 is 14.8 Å². The van der Waals surface area contributed by atoms with E-state index in [1.807, 2.05) is 13.1 Å². The second-order valence-corrected chi connectivity index (χ2v) is 5.76. The monoisotopic (exact) mass is 277 g/mol. The molecule has 1 fully saturated rings. The molecule has 2 atom stereocenters. The van der Waals surface area contributed by atoms with Crippen molar-refractivity contribution in [2.75, 3.05) is 13.7 Å². The summed E-state index contributed by atoms with van der Waals surface area (Å²) in [5, 5.41) is 3.42. The normalized spacial score (nSPS) is 20.3. The fourth-order valence-electron chi connectivity index (χ4n) is 2.81. The molecule has 0 radical (unpaired) electrons. The van der Waals surface area contributed by atoms with Crippen molar-refractivity contribution in [2.24, 2.45) is 0 Å². The molecule has 1 aromatic carbocycles. The molecule has 0 saturated carbocycles. The maximum atomic E-state index is 5.93. The minimum absolute atomic E-state index is 0.201. The van der Waals surface area contributed by atoms with Crippen molar-refractivity contribution in [1.29, 1.82) is 0 Å². The van der Waals surface area contributed by atoms with Crippen LogP contribution in [0.15, 0.2) is 24.3 Å². The van der Waals surface area contributed by atoms with Gasteiger partial charge >= 0.3 is 0 Å². The summed E-state index contributed by atoms with van der Waals surface area (Å²) in [6.07, 6.45) is 5.26. The molecule has 1 heterocycles. The van der Waals surface area contributed by atoms with Crippen LogP contribution in [0.4, 0.5) is 0 Å². The Morgan fingerprint density at radius 2 is 2.15 bits per heavy atom. The Hall–Kier alpha value is -1.06. The van der Waals surface area contributed by atoms with Crippen molar-refractivity contribution in [3.8, 4) is 5.75 Å². The average Bonchev–Trinajstić information content (AvgIpc) is 2.94. The van der Waals surface area contributed by atoms with Gasteiger partial charge in [-0.1, -0.05) is 18.2 Å². The zero-order valence-electron chi connectivity index (χ0n) is 12.9. The summed E-state index contributed by atoms with van der Waals surface area (Å²) < 4.78 is 11.6. The quantitative estimate of drug-likeness (QED) is 0.824. The fraction of sp³-hybridized carbons (Fsp3) is 0.647. The lowest BCUT2D eigenvalue weighted by atomic mass is 9.98. The highest BCUT2D eigenvalue weighted by atomic mass is 16.5. The van der Waals surface area contributed by atoms with Crippen LogP contribution in [0.3, 0.4) is 0 Å². The molecule has 2 rings (SSSR count). The molecular formula is C17H27NO2. The van der Waals surface area contributed by atoms with Crippen LogP contribution in [0.2, 0.25) is 0 Å². The highest BCUT2D eigenvalue weighted by molar-refractivity contribution is 5.36. The molecule has 0 bridgehead atoms. The van der Waals surface area contributed by atoms with E-state index in [-0.39, 0.29) is 6.10 Å². The summed E-state index contributed by atoms with van der Waals surface area (Å²) in [5.41, 5.74) is 1.25. The van der Waals surface area contributed by atoms with E-state index in [2.05, 4.69) is 37.4 Å². The molecule has 1 aliphatic heterocycles. The predicted octanol–water partition coefficient (Wildman–Crippen LogP) is 3.69. The molecule has 3 nitrogen and oxygen atoms in total. The van der Waals surface area contributed by atoms with Crippen LogP contribution in [0, 0.1) is 0 Å². The van der Waals surface area contributed by atoms with Crippen molar-refractivity contribution in [2.45, 2.75) is 57.8 Å². The lowest BCUT2D eigenvalue weighted by Gasteiger charge is -2.22. The van der Waals surface area contributed by atoms with Gasteiger partial charge in [-0.3, -0.25) is 0 Å². The van der Waals surface area contributed by atoms with Crippen molar-refractivity contribution in [3.63, 3.8) is 0 Å². The predicted molar refractivity (Wildman–Crippen MR) is 82.2 cm³/mol. The van der Waals surface area contributed by atoms with Crippen molar-refractivity contribution >= 4 is 0 Å². The Balaban J connectivity index is 2.01. The number of rotatable bonds is 7. The van der Waals surface area contributed by atoms with Gasteiger partial charge in [0.25, 0.3) is 0 Å². The summed E-state index contributed by atoms with van der Waals surface area (Å²) in [5.74, 6) is 0.995. The number of hydrogen-bond acceptors (Lipinski definition) is 3. The first-order chi connectivity index (χ1) is 9.70. The second kappa shape index (κ2) is 7.65. The molecule has 112 valence electrons. The van der Waals surface area contributed by atoms with Crippen LogP contribution in [-0.4, -0.2) is 25.9 Å². The average molecular weight is 277 g/mol. The van der Waals surface area contributed by atoms with Crippen molar-refractivity contribution in [1.82, 2.24) is 5.32 Å². The van der Waals surface area contributed by atoms with Crippen molar-refractivity contribution in [3.05, 3.63) is 29.8 Å². The molecular weight excluding hydrogens is 250 g/mol. The van der Waals surface area contributed by atoms with Gasteiger partial charge in [-0.15, -0.1) is 0 Å². The third-order valence-corrected chi connectivity index (χ3v) is 3.81. The maximum Gasteiger partial charge on any atom is 0.124 e. The highest BCUT2D eigenvalue weighted by Gasteiger charge is 2.20. The first kappa shape index (κ1) is 15.3. The fourth-order valence-corrected chi connectivity index (χ4v) is 2.81. The van der Waals surface area contributed by atoms with E-state index in [4.69, 9.17) is 9.47 Å². The van der Waals surface area contributed by atoms with Crippen LogP contribution < -0.4 is 10.1 Å². The molecule has 0 spiro atoms. The van der Waals surface area contributed by atoms with E-state index in [1.54, 1.807) is 0 Å². The topological polar surface area (TPSA) is 30.5 Å². The van der Waals surface area contributed by atoms with Gasteiger partial charge in [0.1, 0.15) is 5.75 Å². The zero-order valence-corrected chi connectivity index (χ0v) is 12.9. The van der Waals surface area contributed by atoms with Gasteiger partial charge in [-0.25, -0.2) is 0 Å². The molecule has 1 N–H and O–H groups in total. The number of benzene rings is 1. The first-order valence-electron chi connectivity index (χ1n) is 7.75. The number of nitrogens with one attached hydrogen (secondary N) is 1. The van der Waals surface area contributed by atoms with E-state index in [0.717, 1.165) is 25.2 Å². The lowest BCUT2D eigenvalue weighted by Crippen LogP contribution is -2.20. The van der Waals surface area contributed by atoms with Gasteiger partial charge in [0.2, 0.25) is 0 Å². The molecule has 0 amide bonds. The summed E-state index contributed by atoms with van der Waals surface area (Å²) >= 11 is 0. The summed E-state index contributed by atoms with van der Waals surface area (Å²) in [6, 6.07) is 8.67. The Morgan fingerprint density at radius 1 is 1.35 bits per heavy atom. The van der Waals surface area contributed by atoms with E-state index in [1.165, 1.54) is 18.4 Å². The van der Waals surface area contributed by atoms with Crippen molar-refractivity contribution < 1.29 is 9.47 Å². The Labute approximate surface area is 122 Å². The number of para-hydroxylation sites is 1. The zero-order chi connectivity index (χ0) is 14.4. The smallest absolute Gasteiger partial charge is 0.124 e. The maximum absolute atomic E-state index is 5.93. The van der Waals surface area contributed by atoms with Gasteiger partial charge in [0.05, 0.1) is 12.2 Å². The second-order valence-electron chi connectivity index (χ2n) is 5.76. The molecule has 0 aromatic heterocycles. The minimum atomic E-state index is 0.201. The molecule has 3 heteroatoms. The van der Waals surface area contributed by atoms with E-state index in [0.29, 0.717) is 12.1 Å². The van der Waals surface area contributed by atoms with E-state index < -0.39 is 0 Å². The van der Waals surface area contributed by atoms with E-state index >= 15 is 0 Å². The van der Waals surface area contributed by atoms with Gasteiger partial charge in [0.15, 0.2) is 0 Å². The first-order valence-corrected chi connectivity index (χ1v) is 7.75. The van der Waals surface area contributed by atoms with Crippen LogP contribution in [0.5, 0.6) is 5.75 Å². The molecule has 20 heavy (non-hydrogen) atoms. The lowest BCUT2D eigenvalue weighted by molar-refractivity contribution is 0.0996. The molecule has 1 aliphatic rings. The van der Waals surface area contributed by atoms with Crippen LogP contribution in [0.1, 0.15) is 51.1 Å². The summed E-state index contributed by atoms with van der Waals surface area (Å²) in [4.78, 5) is 0. The largest absolute Gasteiger partial charge is 0.491 e. The Morgan fingerprint density at radius 3 is 2.80 bits per heavy atom. The molecule has 1 saturated heterocycles.